The van der Waals surface area contributed by atoms with Gasteiger partial charge in [0, 0.05) is 25.2 Å². The normalized spacial score (nSPS) is 10.2. The molecule has 2 aromatic rings. The molecule has 0 aliphatic rings. The van der Waals surface area contributed by atoms with E-state index in [0.717, 1.165) is 22.9 Å². The first kappa shape index (κ1) is 18.6. The van der Waals surface area contributed by atoms with E-state index in [1.807, 2.05) is 48.5 Å². The van der Waals surface area contributed by atoms with Crippen molar-refractivity contribution in [2.45, 2.75) is 6.42 Å². The third-order valence-electron chi connectivity index (χ3n) is 3.51. The van der Waals surface area contributed by atoms with Crippen LogP contribution in [0.5, 0.6) is 17.2 Å². The molecule has 0 spiro atoms. The van der Waals surface area contributed by atoms with Crippen molar-refractivity contribution in [2.75, 3.05) is 39.2 Å². The molecule has 0 radical (unpaired) electrons. The maximum Gasteiger partial charge on any atom is 0.225 e. The molecule has 0 aromatic heterocycles. The Bertz CT molecular complexity index is 641. The van der Waals surface area contributed by atoms with Crippen LogP contribution < -0.4 is 24.8 Å². The second-order valence-electron chi connectivity index (χ2n) is 5.30. The molecule has 2 N–H and O–H groups in total. The summed E-state index contributed by atoms with van der Waals surface area (Å²) in [6.07, 6.45) is 0.397. The number of methoxy groups -OCH3 is 2. The second kappa shape index (κ2) is 10.2. The molecule has 2 rings (SSSR count). The van der Waals surface area contributed by atoms with Gasteiger partial charge in [0.25, 0.3) is 0 Å². The highest BCUT2D eigenvalue weighted by Gasteiger charge is 2.02. The topological polar surface area (TPSA) is 68.8 Å². The highest BCUT2D eigenvalue weighted by molar-refractivity contribution is 5.90. The summed E-state index contributed by atoms with van der Waals surface area (Å²) < 4.78 is 15.8. The fourth-order valence-electron chi connectivity index (χ4n) is 2.14. The van der Waals surface area contributed by atoms with Crippen LogP contribution in [0, 0.1) is 0 Å². The van der Waals surface area contributed by atoms with Crippen molar-refractivity contribution in [3.05, 3.63) is 48.5 Å². The summed E-state index contributed by atoms with van der Waals surface area (Å²) >= 11 is 0. The monoisotopic (exact) mass is 344 g/mol. The molecule has 0 aliphatic carbocycles. The number of carbonyl (C=O) groups is 1. The molecule has 0 bridgehead atoms. The third-order valence-corrected chi connectivity index (χ3v) is 3.51. The lowest BCUT2D eigenvalue weighted by Gasteiger charge is -2.09. The Morgan fingerprint density at radius 1 is 0.840 bits per heavy atom. The molecule has 25 heavy (non-hydrogen) atoms. The predicted molar refractivity (Wildman–Crippen MR) is 97.6 cm³/mol. The van der Waals surface area contributed by atoms with E-state index in [9.17, 15) is 4.79 Å². The SMILES string of the molecule is COc1ccc(NC(=O)CCNCCOc2ccc(OC)cc2)cc1. The maximum absolute atomic E-state index is 11.9. The summed E-state index contributed by atoms with van der Waals surface area (Å²) in [5.74, 6) is 2.32. The lowest BCUT2D eigenvalue weighted by molar-refractivity contribution is -0.116. The lowest BCUT2D eigenvalue weighted by atomic mass is 10.3. The minimum atomic E-state index is -0.0336. The third kappa shape index (κ3) is 6.73. The molecule has 0 atom stereocenters. The van der Waals surface area contributed by atoms with E-state index >= 15 is 0 Å². The quantitative estimate of drug-likeness (QED) is 0.649. The van der Waals surface area contributed by atoms with Gasteiger partial charge in [0.05, 0.1) is 14.2 Å². The van der Waals surface area contributed by atoms with Gasteiger partial charge in [0.15, 0.2) is 0 Å². The molecule has 0 aliphatic heterocycles. The van der Waals surface area contributed by atoms with Crippen LogP contribution in [0.4, 0.5) is 5.69 Å². The molecule has 2 aromatic carbocycles. The van der Waals surface area contributed by atoms with Crippen molar-refractivity contribution in [1.82, 2.24) is 5.32 Å². The Morgan fingerprint density at radius 2 is 1.40 bits per heavy atom. The van der Waals surface area contributed by atoms with E-state index < -0.39 is 0 Å². The summed E-state index contributed by atoms with van der Waals surface area (Å²) in [7, 11) is 3.24. The Morgan fingerprint density at radius 3 is 2.00 bits per heavy atom. The van der Waals surface area contributed by atoms with Gasteiger partial charge in [-0.15, -0.1) is 0 Å². The molecule has 0 heterocycles. The van der Waals surface area contributed by atoms with Crippen molar-refractivity contribution >= 4 is 11.6 Å². The van der Waals surface area contributed by atoms with Gasteiger partial charge in [-0.1, -0.05) is 0 Å². The number of hydrogen-bond donors (Lipinski definition) is 2. The fraction of sp³-hybridized carbons (Fsp3) is 0.316. The van der Waals surface area contributed by atoms with Crippen LogP contribution in [0.15, 0.2) is 48.5 Å². The van der Waals surface area contributed by atoms with Crippen molar-refractivity contribution < 1.29 is 19.0 Å². The smallest absolute Gasteiger partial charge is 0.225 e. The van der Waals surface area contributed by atoms with E-state index in [2.05, 4.69) is 10.6 Å². The largest absolute Gasteiger partial charge is 0.497 e. The van der Waals surface area contributed by atoms with Crippen molar-refractivity contribution in [2.24, 2.45) is 0 Å². The zero-order valence-corrected chi connectivity index (χ0v) is 14.6. The lowest BCUT2D eigenvalue weighted by Crippen LogP contribution is -2.25. The van der Waals surface area contributed by atoms with E-state index in [1.54, 1.807) is 14.2 Å². The van der Waals surface area contributed by atoms with Crippen LogP contribution in [0.1, 0.15) is 6.42 Å². The first-order chi connectivity index (χ1) is 12.2. The van der Waals surface area contributed by atoms with Gasteiger partial charge < -0.3 is 24.8 Å². The van der Waals surface area contributed by atoms with Gasteiger partial charge in [-0.2, -0.15) is 0 Å². The van der Waals surface area contributed by atoms with Gasteiger partial charge in [-0.25, -0.2) is 0 Å². The summed E-state index contributed by atoms with van der Waals surface area (Å²) in [6.45, 7) is 1.79. The number of hydrogen-bond acceptors (Lipinski definition) is 5. The molecule has 0 fully saturated rings. The number of amides is 1. The van der Waals surface area contributed by atoms with Gasteiger partial charge in [0.1, 0.15) is 23.9 Å². The maximum atomic E-state index is 11.9. The van der Waals surface area contributed by atoms with Gasteiger partial charge in [-0.3, -0.25) is 4.79 Å². The summed E-state index contributed by atoms with van der Waals surface area (Å²) in [5.41, 5.74) is 0.758. The first-order valence-electron chi connectivity index (χ1n) is 8.13. The van der Waals surface area contributed by atoms with Gasteiger partial charge in [0.2, 0.25) is 5.91 Å². The number of ether oxygens (including phenoxy) is 3. The van der Waals surface area contributed by atoms with E-state index in [-0.39, 0.29) is 5.91 Å². The highest BCUT2D eigenvalue weighted by Crippen LogP contribution is 2.17. The van der Waals surface area contributed by atoms with Crippen molar-refractivity contribution in [3.8, 4) is 17.2 Å². The van der Waals surface area contributed by atoms with Crippen LogP contribution in [0.25, 0.3) is 0 Å². The second-order valence-corrected chi connectivity index (χ2v) is 5.30. The molecule has 1 amide bonds. The van der Waals surface area contributed by atoms with E-state index in [0.29, 0.717) is 26.1 Å². The zero-order chi connectivity index (χ0) is 17.9. The molecular formula is C19H24N2O4. The molecule has 6 heteroatoms. The van der Waals surface area contributed by atoms with Crippen molar-refractivity contribution in [3.63, 3.8) is 0 Å². The summed E-state index contributed by atoms with van der Waals surface area (Å²) in [5, 5.41) is 6.03. The average Bonchev–Trinajstić information content (AvgIpc) is 2.65. The van der Waals surface area contributed by atoms with Gasteiger partial charge in [-0.05, 0) is 48.5 Å². The standard InChI is InChI=1S/C19H24N2O4/c1-23-16-5-3-15(4-6-16)21-19(22)11-12-20-13-14-25-18-9-7-17(24-2)8-10-18/h3-10,20H,11-14H2,1-2H3,(H,21,22). The molecule has 0 unspecified atom stereocenters. The van der Waals surface area contributed by atoms with Crippen LogP contribution in [-0.2, 0) is 4.79 Å². The molecule has 0 saturated carbocycles. The highest BCUT2D eigenvalue weighted by atomic mass is 16.5. The molecule has 134 valence electrons. The van der Waals surface area contributed by atoms with E-state index in [1.165, 1.54) is 0 Å². The van der Waals surface area contributed by atoms with Crippen LogP contribution in [-0.4, -0.2) is 39.8 Å². The molecular weight excluding hydrogens is 320 g/mol. The Balaban J connectivity index is 1.56. The van der Waals surface area contributed by atoms with Crippen LogP contribution in [0.2, 0.25) is 0 Å². The Hall–Kier alpha value is -2.73. The van der Waals surface area contributed by atoms with Gasteiger partial charge >= 0.3 is 0 Å². The number of carbonyl (C=O) groups excluding carboxylic acids is 1. The first-order valence-corrected chi connectivity index (χ1v) is 8.13. The Labute approximate surface area is 148 Å². The average molecular weight is 344 g/mol. The van der Waals surface area contributed by atoms with E-state index in [4.69, 9.17) is 14.2 Å². The predicted octanol–water partition coefficient (Wildman–Crippen LogP) is 2.70. The number of nitrogens with one attached hydrogen (secondary N) is 2. The Kier molecular flexibility index (Phi) is 7.59. The number of rotatable bonds is 10. The van der Waals surface area contributed by atoms with Crippen LogP contribution >= 0.6 is 0 Å². The minimum Gasteiger partial charge on any atom is -0.497 e. The zero-order valence-electron chi connectivity index (χ0n) is 14.6. The fourth-order valence-corrected chi connectivity index (χ4v) is 2.14. The summed E-state index contributed by atoms with van der Waals surface area (Å²) in [6, 6.07) is 14.7. The molecule has 6 nitrogen and oxygen atoms in total. The van der Waals surface area contributed by atoms with Crippen molar-refractivity contribution in [1.29, 1.82) is 0 Å². The number of anilines is 1. The summed E-state index contributed by atoms with van der Waals surface area (Å²) in [4.78, 5) is 11.9. The minimum absolute atomic E-state index is 0.0336. The number of benzene rings is 2. The molecule has 0 saturated heterocycles. The van der Waals surface area contributed by atoms with Crippen LogP contribution in [0.3, 0.4) is 0 Å².